The van der Waals surface area contributed by atoms with Crippen LogP contribution in [0.15, 0.2) is 36.0 Å². The van der Waals surface area contributed by atoms with Crippen molar-refractivity contribution in [2.75, 3.05) is 11.9 Å². The predicted octanol–water partition coefficient (Wildman–Crippen LogP) is 2.49. The molecule has 0 unspecified atom stereocenters. The smallest absolute Gasteiger partial charge is 0.330 e. The van der Waals surface area contributed by atoms with Crippen LogP contribution < -0.4 is 10.1 Å². The summed E-state index contributed by atoms with van der Waals surface area (Å²) in [5.41, 5.74) is 1.41. The van der Waals surface area contributed by atoms with E-state index in [9.17, 15) is 4.79 Å². The number of aliphatic carboxylic acids is 1. The SMILES string of the molecule is CCOc1ccc(NC(C)=CC(=O)O)cc1. The average molecular weight is 221 g/mol. The molecule has 0 atom stereocenters. The Balaban J connectivity index is 2.65. The fraction of sp³-hybridized carbons (Fsp3) is 0.250. The predicted molar refractivity (Wildman–Crippen MR) is 62.6 cm³/mol. The number of hydrogen-bond acceptors (Lipinski definition) is 3. The number of benzene rings is 1. The van der Waals surface area contributed by atoms with Crippen molar-refractivity contribution in [3.63, 3.8) is 0 Å². The number of ether oxygens (including phenoxy) is 1. The average Bonchev–Trinajstić information content (AvgIpc) is 2.20. The van der Waals surface area contributed by atoms with Crippen molar-refractivity contribution in [1.82, 2.24) is 0 Å². The summed E-state index contributed by atoms with van der Waals surface area (Å²) in [5, 5.41) is 11.5. The first kappa shape index (κ1) is 12.1. The molecule has 0 aliphatic rings. The first-order chi connectivity index (χ1) is 7.61. The number of anilines is 1. The van der Waals surface area contributed by atoms with E-state index in [1.165, 1.54) is 0 Å². The zero-order valence-electron chi connectivity index (χ0n) is 9.36. The summed E-state index contributed by atoms with van der Waals surface area (Å²) in [7, 11) is 0. The first-order valence-corrected chi connectivity index (χ1v) is 5.03. The summed E-state index contributed by atoms with van der Waals surface area (Å²) >= 11 is 0. The molecule has 0 fully saturated rings. The third kappa shape index (κ3) is 4.04. The second-order valence-corrected chi connectivity index (χ2v) is 3.25. The Labute approximate surface area is 94.6 Å². The van der Waals surface area contributed by atoms with Crippen molar-refractivity contribution in [2.45, 2.75) is 13.8 Å². The number of nitrogens with one attached hydrogen (secondary N) is 1. The molecule has 0 heterocycles. The van der Waals surface area contributed by atoms with Gasteiger partial charge in [0.2, 0.25) is 0 Å². The molecule has 1 aromatic carbocycles. The Hall–Kier alpha value is -1.97. The molecule has 0 amide bonds. The van der Waals surface area contributed by atoms with E-state index in [2.05, 4.69) is 5.32 Å². The van der Waals surface area contributed by atoms with E-state index in [0.717, 1.165) is 17.5 Å². The van der Waals surface area contributed by atoms with Crippen molar-refractivity contribution in [2.24, 2.45) is 0 Å². The van der Waals surface area contributed by atoms with Crippen LogP contribution in [0.25, 0.3) is 0 Å². The molecule has 1 rings (SSSR count). The van der Waals surface area contributed by atoms with E-state index in [0.29, 0.717) is 12.3 Å². The molecule has 0 aromatic heterocycles. The van der Waals surface area contributed by atoms with Gasteiger partial charge in [0.25, 0.3) is 0 Å². The second kappa shape index (κ2) is 5.80. The van der Waals surface area contributed by atoms with Gasteiger partial charge in [0.1, 0.15) is 5.75 Å². The third-order valence-corrected chi connectivity index (χ3v) is 1.85. The lowest BCUT2D eigenvalue weighted by Crippen LogP contribution is -1.99. The van der Waals surface area contributed by atoms with E-state index >= 15 is 0 Å². The van der Waals surface area contributed by atoms with Crippen molar-refractivity contribution in [3.8, 4) is 5.75 Å². The fourth-order valence-electron chi connectivity index (χ4n) is 1.25. The minimum Gasteiger partial charge on any atom is -0.494 e. The van der Waals surface area contributed by atoms with Crippen LogP contribution in [0.3, 0.4) is 0 Å². The third-order valence-electron chi connectivity index (χ3n) is 1.85. The summed E-state index contributed by atoms with van der Waals surface area (Å²) in [6, 6.07) is 7.34. The molecule has 16 heavy (non-hydrogen) atoms. The number of rotatable bonds is 5. The van der Waals surface area contributed by atoms with Gasteiger partial charge in [0.05, 0.1) is 6.61 Å². The van der Waals surface area contributed by atoms with Crippen LogP contribution in [0.1, 0.15) is 13.8 Å². The van der Waals surface area contributed by atoms with Crippen LogP contribution in [0.4, 0.5) is 5.69 Å². The highest BCUT2D eigenvalue weighted by atomic mass is 16.5. The molecule has 0 aliphatic heterocycles. The van der Waals surface area contributed by atoms with E-state index in [1.807, 2.05) is 31.2 Å². The standard InChI is InChI=1S/C12H15NO3/c1-3-16-11-6-4-10(5-7-11)13-9(2)8-12(14)15/h4-8,13H,3H2,1-2H3,(H,14,15). The molecule has 4 heteroatoms. The lowest BCUT2D eigenvalue weighted by molar-refractivity contribution is -0.131. The Kier molecular flexibility index (Phi) is 4.39. The van der Waals surface area contributed by atoms with E-state index in [1.54, 1.807) is 6.92 Å². The number of carbonyl (C=O) groups is 1. The minimum absolute atomic E-state index is 0.580. The molecule has 2 N–H and O–H groups in total. The number of hydrogen-bond donors (Lipinski definition) is 2. The van der Waals surface area contributed by atoms with Crippen LogP contribution in [0.2, 0.25) is 0 Å². The number of carboxylic acid groups (broad SMARTS) is 1. The van der Waals surface area contributed by atoms with Gasteiger partial charge >= 0.3 is 5.97 Å². The summed E-state index contributed by atoms with van der Waals surface area (Å²) in [6.07, 6.45) is 1.12. The first-order valence-electron chi connectivity index (χ1n) is 5.03. The molecule has 0 saturated carbocycles. The van der Waals surface area contributed by atoms with Crippen molar-refractivity contribution >= 4 is 11.7 Å². The molecule has 1 aromatic rings. The van der Waals surface area contributed by atoms with Gasteiger partial charge in [-0.25, -0.2) is 4.79 Å². The van der Waals surface area contributed by atoms with Gasteiger partial charge in [-0.1, -0.05) is 0 Å². The van der Waals surface area contributed by atoms with Gasteiger partial charge in [-0.2, -0.15) is 0 Å². The molecular weight excluding hydrogens is 206 g/mol. The molecule has 0 bridgehead atoms. The lowest BCUT2D eigenvalue weighted by Gasteiger charge is -2.07. The van der Waals surface area contributed by atoms with E-state index < -0.39 is 5.97 Å². The quantitative estimate of drug-likeness (QED) is 0.750. The highest BCUT2D eigenvalue weighted by Crippen LogP contribution is 2.16. The largest absolute Gasteiger partial charge is 0.494 e. The maximum absolute atomic E-state index is 10.4. The molecule has 0 aliphatic carbocycles. The highest BCUT2D eigenvalue weighted by molar-refractivity contribution is 5.81. The molecule has 0 radical (unpaired) electrons. The summed E-state index contributed by atoms with van der Waals surface area (Å²) in [5.74, 6) is -0.163. The van der Waals surface area contributed by atoms with Gasteiger partial charge in [-0.15, -0.1) is 0 Å². The number of allylic oxidation sites excluding steroid dienone is 1. The maximum Gasteiger partial charge on any atom is 0.330 e. The summed E-state index contributed by atoms with van der Waals surface area (Å²) in [6.45, 7) is 4.25. The van der Waals surface area contributed by atoms with Gasteiger partial charge in [-0.05, 0) is 38.1 Å². The van der Waals surface area contributed by atoms with Gasteiger partial charge < -0.3 is 15.2 Å². The zero-order chi connectivity index (χ0) is 12.0. The van der Waals surface area contributed by atoms with E-state index in [4.69, 9.17) is 9.84 Å². The van der Waals surface area contributed by atoms with Crippen LogP contribution >= 0.6 is 0 Å². The minimum atomic E-state index is -0.962. The van der Waals surface area contributed by atoms with Gasteiger partial charge in [0.15, 0.2) is 0 Å². The summed E-state index contributed by atoms with van der Waals surface area (Å²) < 4.78 is 5.29. The topological polar surface area (TPSA) is 58.6 Å². The van der Waals surface area contributed by atoms with Crippen LogP contribution in [0.5, 0.6) is 5.75 Å². The maximum atomic E-state index is 10.4. The zero-order valence-corrected chi connectivity index (χ0v) is 9.36. The Morgan fingerprint density at radius 3 is 2.56 bits per heavy atom. The van der Waals surface area contributed by atoms with Crippen LogP contribution in [-0.2, 0) is 4.79 Å². The molecular formula is C12H15NO3. The van der Waals surface area contributed by atoms with Crippen molar-refractivity contribution in [1.29, 1.82) is 0 Å². The Bertz CT molecular complexity index is 382. The molecule has 0 spiro atoms. The Morgan fingerprint density at radius 1 is 1.44 bits per heavy atom. The van der Waals surface area contributed by atoms with Gasteiger partial charge in [0, 0.05) is 17.5 Å². The van der Waals surface area contributed by atoms with Crippen molar-refractivity contribution in [3.05, 3.63) is 36.0 Å². The second-order valence-electron chi connectivity index (χ2n) is 3.25. The lowest BCUT2D eigenvalue weighted by atomic mass is 10.3. The van der Waals surface area contributed by atoms with Crippen LogP contribution in [0, 0.1) is 0 Å². The Morgan fingerprint density at radius 2 is 2.06 bits per heavy atom. The monoisotopic (exact) mass is 221 g/mol. The number of carboxylic acids is 1. The molecule has 0 saturated heterocycles. The highest BCUT2D eigenvalue weighted by Gasteiger charge is 1.97. The molecule has 4 nitrogen and oxygen atoms in total. The molecule has 86 valence electrons. The normalized spacial score (nSPS) is 11.0. The van der Waals surface area contributed by atoms with Crippen LogP contribution in [-0.4, -0.2) is 17.7 Å². The van der Waals surface area contributed by atoms with E-state index in [-0.39, 0.29) is 0 Å². The van der Waals surface area contributed by atoms with Crippen molar-refractivity contribution < 1.29 is 14.6 Å². The fourth-order valence-corrected chi connectivity index (χ4v) is 1.25. The summed E-state index contributed by atoms with van der Waals surface area (Å²) in [4.78, 5) is 10.4. The van der Waals surface area contributed by atoms with Gasteiger partial charge in [-0.3, -0.25) is 0 Å².